The lowest BCUT2D eigenvalue weighted by Gasteiger charge is -2.13. The largest absolute Gasteiger partial charge is 0.494 e. The van der Waals surface area contributed by atoms with E-state index in [2.05, 4.69) is 32.9 Å². The van der Waals surface area contributed by atoms with Crippen LogP contribution in [0.4, 0.5) is 5.69 Å². The van der Waals surface area contributed by atoms with Crippen molar-refractivity contribution in [3.05, 3.63) is 65.7 Å². The van der Waals surface area contributed by atoms with Gasteiger partial charge in [-0.2, -0.15) is 0 Å². The van der Waals surface area contributed by atoms with Gasteiger partial charge in [-0.25, -0.2) is 4.79 Å². The molecular weight excluding hydrogens is 434 g/mol. The van der Waals surface area contributed by atoms with Gasteiger partial charge in [-0.3, -0.25) is 4.99 Å². The normalized spacial score (nSPS) is 12.7. The third-order valence-electron chi connectivity index (χ3n) is 6.27. The molecule has 2 aromatic carbocycles. The highest BCUT2D eigenvalue weighted by molar-refractivity contribution is 6.02. The zero-order chi connectivity index (χ0) is 25.3. The topological polar surface area (TPSA) is 58.9 Å². The first-order chi connectivity index (χ1) is 17.0. The summed E-state index contributed by atoms with van der Waals surface area (Å²) < 4.78 is 5.97. The number of aliphatic carboxylic acids is 1. The van der Waals surface area contributed by atoms with Gasteiger partial charge in [0.1, 0.15) is 5.75 Å². The maximum absolute atomic E-state index is 10.7. The van der Waals surface area contributed by atoms with Crippen molar-refractivity contribution in [2.75, 3.05) is 6.61 Å². The van der Waals surface area contributed by atoms with E-state index in [1.54, 1.807) is 6.08 Å². The lowest BCUT2D eigenvalue weighted by molar-refractivity contribution is -0.131. The Kier molecular flexibility index (Phi) is 13.5. The lowest BCUT2D eigenvalue weighted by Crippen LogP contribution is -2.07. The highest BCUT2D eigenvalue weighted by atomic mass is 16.5. The number of carbonyl (C=O) groups is 1. The van der Waals surface area contributed by atoms with Crippen LogP contribution in [0.3, 0.4) is 0 Å². The third-order valence-corrected chi connectivity index (χ3v) is 6.27. The number of ether oxygens (including phenoxy) is 1. The number of hydrogen-bond donors (Lipinski definition) is 1. The Hall–Kier alpha value is -2.88. The first kappa shape index (κ1) is 28.4. The minimum absolute atomic E-state index is 0.532. The van der Waals surface area contributed by atoms with Gasteiger partial charge in [0.2, 0.25) is 0 Å². The molecule has 190 valence electrons. The number of rotatable bonds is 17. The number of hydrogen-bond acceptors (Lipinski definition) is 3. The smallest absolute Gasteiger partial charge is 0.328 e. The quantitative estimate of drug-likeness (QED) is 0.141. The molecule has 0 saturated heterocycles. The molecule has 0 bridgehead atoms. The summed E-state index contributed by atoms with van der Waals surface area (Å²) in [7, 11) is 0. The van der Waals surface area contributed by atoms with Crippen LogP contribution in [0.25, 0.3) is 6.08 Å². The summed E-state index contributed by atoms with van der Waals surface area (Å²) in [5.74, 6) is 0.492. The summed E-state index contributed by atoms with van der Waals surface area (Å²) in [5.41, 5.74) is 3.88. The average Bonchev–Trinajstić information content (AvgIpc) is 2.87. The second kappa shape index (κ2) is 16.7. The first-order valence-corrected chi connectivity index (χ1v) is 13.3. The Morgan fingerprint density at radius 3 is 2.14 bits per heavy atom. The molecule has 0 saturated carbocycles. The average molecular weight is 478 g/mol. The Labute approximate surface area is 212 Å². The van der Waals surface area contributed by atoms with Crippen molar-refractivity contribution in [1.29, 1.82) is 0 Å². The molecule has 1 atom stereocenters. The second-order valence-electron chi connectivity index (χ2n) is 9.39. The van der Waals surface area contributed by atoms with Crippen LogP contribution in [0.1, 0.15) is 96.1 Å². The van der Waals surface area contributed by atoms with Gasteiger partial charge in [0.25, 0.3) is 0 Å². The summed E-state index contributed by atoms with van der Waals surface area (Å²) in [4.78, 5) is 15.7. The van der Waals surface area contributed by atoms with Gasteiger partial charge >= 0.3 is 5.97 Å². The van der Waals surface area contributed by atoms with Gasteiger partial charge in [-0.1, -0.05) is 84.3 Å². The van der Waals surface area contributed by atoms with Crippen molar-refractivity contribution in [2.24, 2.45) is 10.9 Å². The van der Waals surface area contributed by atoms with Crippen molar-refractivity contribution in [2.45, 2.75) is 85.0 Å². The van der Waals surface area contributed by atoms with E-state index < -0.39 is 5.97 Å². The summed E-state index contributed by atoms with van der Waals surface area (Å²) in [6.07, 6.45) is 15.1. The van der Waals surface area contributed by atoms with Gasteiger partial charge in [0, 0.05) is 11.8 Å². The highest BCUT2D eigenvalue weighted by Gasteiger charge is 2.10. The summed E-state index contributed by atoms with van der Waals surface area (Å²) >= 11 is 0. The van der Waals surface area contributed by atoms with Crippen molar-refractivity contribution in [3.8, 4) is 5.75 Å². The van der Waals surface area contributed by atoms with Gasteiger partial charge in [0.15, 0.2) is 0 Å². The molecule has 0 radical (unpaired) electrons. The molecule has 4 nitrogen and oxygen atoms in total. The number of nitrogens with zero attached hydrogens (tertiary/aromatic N) is 1. The number of unbranched alkanes of at least 4 members (excludes halogenated alkanes) is 7. The fourth-order valence-electron chi connectivity index (χ4n) is 3.86. The predicted octanol–water partition coefficient (Wildman–Crippen LogP) is 8.86. The number of carboxylic acid groups (broad SMARTS) is 1. The van der Waals surface area contributed by atoms with E-state index in [4.69, 9.17) is 14.8 Å². The number of aliphatic imine (C=N–C) groups is 1. The summed E-state index contributed by atoms with van der Waals surface area (Å²) in [5, 5.41) is 8.80. The van der Waals surface area contributed by atoms with Crippen LogP contribution in [0.2, 0.25) is 0 Å². The fourth-order valence-corrected chi connectivity index (χ4v) is 3.86. The van der Waals surface area contributed by atoms with E-state index >= 15 is 0 Å². The molecule has 2 aromatic rings. The van der Waals surface area contributed by atoms with Gasteiger partial charge in [-0.05, 0) is 72.4 Å². The minimum Gasteiger partial charge on any atom is -0.494 e. The van der Waals surface area contributed by atoms with Crippen LogP contribution in [-0.4, -0.2) is 23.4 Å². The van der Waals surface area contributed by atoms with Crippen molar-refractivity contribution >= 4 is 23.4 Å². The monoisotopic (exact) mass is 477 g/mol. The van der Waals surface area contributed by atoms with Crippen LogP contribution in [0.5, 0.6) is 5.75 Å². The molecule has 0 aliphatic heterocycles. The maximum atomic E-state index is 10.7. The standard InChI is InChI=1S/C31H43NO3/c1-4-6-7-8-9-10-11-12-23-35-29-20-16-27(17-21-29)30(24-25(3)5-2)32-28-18-13-26(14-19-28)15-22-31(33)34/h13-22,25H,4-12,23-24H2,1-3H3,(H,33,34). The van der Waals surface area contributed by atoms with E-state index in [-0.39, 0.29) is 0 Å². The molecule has 0 aromatic heterocycles. The number of benzene rings is 2. The molecule has 0 fully saturated rings. The fraction of sp³-hybridized carbons (Fsp3) is 0.484. The summed E-state index contributed by atoms with van der Waals surface area (Å²) in [6.45, 7) is 7.47. The molecule has 0 heterocycles. The number of carboxylic acids is 1. The predicted molar refractivity (Wildman–Crippen MR) is 148 cm³/mol. The van der Waals surface area contributed by atoms with Crippen LogP contribution in [0, 0.1) is 5.92 Å². The maximum Gasteiger partial charge on any atom is 0.328 e. The molecule has 4 heteroatoms. The van der Waals surface area contributed by atoms with E-state index in [1.165, 1.54) is 44.9 Å². The third kappa shape index (κ3) is 11.9. The molecule has 2 rings (SSSR count). The Morgan fingerprint density at radius 1 is 0.914 bits per heavy atom. The first-order valence-electron chi connectivity index (χ1n) is 13.3. The molecule has 35 heavy (non-hydrogen) atoms. The Bertz CT molecular complexity index is 913. The molecule has 0 aliphatic carbocycles. The minimum atomic E-state index is -0.951. The van der Waals surface area contributed by atoms with Crippen LogP contribution in [0.15, 0.2) is 59.6 Å². The molecule has 1 unspecified atom stereocenters. The van der Waals surface area contributed by atoms with E-state index in [0.29, 0.717) is 5.92 Å². The van der Waals surface area contributed by atoms with E-state index in [1.807, 2.05) is 36.4 Å². The van der Waals surface area contributed by atoms with E-state index in [9.17, 15) is 4.79 Å². The second-order valence-corrected chi connectivity index (χ2v) is 9.39. The molecule has 0 amide bonds. The summed E-state index contributed by atoms with van der Waals surface area (Å²) in [6, 6.07) is 15.9. The Balaban J connectivity index is 1.94. The van der Waals surface area contributed by atoms with Crippen LogP contribution in [-0.2, 0) is 4.79 Å². The zero-order valence-electron chi connectivity index (χ0n) is 21.8. The van der Waals surface area contributed by atoms with E-state index in [0.717, 1.165) is 60.2 Å². The van der Waals surface area contributed by atoms with Gasteiger partial charge < -0.3 is 9.84 Å². The Morgan fingerprint density at radius 2 is 1.54 bits per heavy atom. The lowest BCUT2D eigenvalue weighted by atomic mass is 9.96. The highest BCUT2D eigenvalue weighted by Crippen LogP contribution is 2.22. The molecule has 1 N–H and O–H groups in total. The molecular formula is C31H43NO3. The van der Waals surface area contributed by atoms with Gasteiger partial charge in [0.05, 0.1) is 12.3 Å². The SMILES string of the molecule is CCCCCCCCCCOc1ccc(C(CC(C)CC)=Nc2ccc(C=CC(=O)O)cc2)cc1. The zero-order valence-corrected chi connectivity index (χ0v) is 21.8. The van der Waals surface area contributed by atoms with Gasteiger partial charge in [-0.15, -0.1) is 0 Å². The van der Waals surface area contributed by atoms with Crippen LogP contribution < -0.4 is 4.74 Å². The van der Waals surface area contributed by atoms with Crippen molar-refractivity contribution in [1.82, 2.24) is 0 Å². The molecule has 0 aliphatic rings. The van der Waals surface area contributed by atoms with Crippen molar-refractivity contribution < 1.29 is 14.6 Å². The molecule has 0 spiro atoms. The van der Waals surface area contributed by atoms with Crippen LogP contribution >= 0.6 is 0 Å². The van der Waals surface area contributed by atoms with Crippen molar-refractivity contribution in [3.63, 3.8) is 0 Å².